The number of carbonyl (C=O) groups excluding carboxylic acids is 1. The minimum absolute atomic E-state index is 0.154. The largest absolute Gasteiger partial charge is 0.466 e. The van der Waals surface area contributed by atoms with Gasteiger partial charge in [-0.2, -0.15) is 0 Å². The highest BCUT2D eigenvalue weighted by Gasteiger charge is 2.01. The number of ether oxygens (including phenoxy) is 2. The molecule has 0 aromatic carbocycles. The van der Waals surface area contributed by atoms with E-state index in [9.17, 15) is 4.79 Å². The monoisotopic (exact) mass is 204 g/mol. The molecule has 0 aliphatic carbocycles. The first-order valence-electron chi connectivity index (χ1n) is 5.06. The van der Waals surface area contributed by atoms with Crippen molar-refractivity contribution in [2.24, 2.45) is 0 Å². The van der Waals surface area contributed by atoms with Crippen molar-refractivity contribution in [2.45, 2.75) is 32.1 Å². The lowest BCUT2D eigenvalue weighted by Crippen LogP contribution is -2.06. The Kier molecular flexibility index (Phi) is 10.0. The third kappa shape index (κ3) is 9.48. The zero-order chi connectivity index (χ0) is 10.6. The summed E-state index contributed by atoms with van der Waals surface area (Å²) in [6.07, 6.45) is 3.59. The molecule has 0 aliphatic heterocycles. The zero-order valence-corrected chi connectivity index (χ0v) is 8.83. The Morgan fingerprint density at radius 1 is 1.14 bits per heavy atom. The van der Waals surface area contributed by atoms with E-state index >= 15 is 0 Å². The molecule has 0 amide bonds. The zero-order valence-electron chi connectivity index (χ0n) is 8.83. The molecule has 0 saturated heterocycles. The minimum atomic E-state index is -0.154. The van der Waals surface area contributed by atoms with Gasteiger partial charge in [0.15, 0.2) is 0 Å². The summed E-state index contributed by atoms with van der Waals surface area (Å²) in [4.78, 5) is 11.0. The van der Waals surface area contributed by atoms with Gasteiger partial charge in [0.2, 0.25) is 0 Å². The van der Waals surface area contributed by atoms with E-state index in [2.05, 4.69) is 0 Å². The number of rotatable bonds is 9. The minimum Gasteiger partial charge on any atom is -0.466 e. The van der Waals surface area contributed by atoms with Crippen molar-refractivity contribution in [3.8, 4) is 0 Å². The van der Waals surface area contributed by atoms with Crippen LogP contribution in [0.25, 0.3) is 0 Å². The Balaban J connectivity index is 3.11. The second-order valence-corrected chi connectivity index (χ2v) is 3.10. The van der Waals surface area contributed by atoms with Crippen molar-refractivity contribution in [1.29, 1.82) is 0 Å². The van der Waals surface area contributed by atoms with Crippen LogP contribution in [0, 0.1) is 0 Å². The summed E-state index contributed by atoms with van der Waals surface area (Å²) in [5.41, 5.74) is 0. The average molecular weight is 204 g/mol. The number of unbranched alkanes of at least 4 members (excludes halogenated alkanes) is 2. The molecule has 0 aliphatic rings. The number of aliphatic hydroxyl groups is 1. The van der Waals surface area contributed by atoms with Crippen molar-refractivity contribution in [3.63, 3.8) is 0 Å². The van der Waals surface area contributed by atoms with Crippen LogP contribution < -0.4 is 0 Å². The number of esters is 1. The molecule has 0 saturated carbocycles. The van der Waals surface area contributed by atoms with Gasteiger partial charge in [-0.05, 0) is 25.7 Å². The molecule has 0 heterocycles. The first-order valence-corrected chi connectivity index (χ1v) is 5.06. The Morgan fingerprint density at radius 2 is 1.86 bits per heavy atom. The van der Waals surface area contributed by atoms with Gasteiger partial charge in [-0.25, -0.2) is 0 Å². The van der Waals surface area contributed by atoms with Crippen LogP contribution in [0.15, 0.2) is 0 Å². The van der Waals surface area contributed by atoms with Gasteiger partial charge in [0.25, 0.3) is 0 Å². The summed E-state index contributed by atoms with van der Waals surface area (Å²) < 4.78 is 9.79. The Morgan fingerprint density at radius 3 is 2.50 bits per heavy atom. The quantitative estimate of drug-likeness (QED) is 0.451. The third-order valence-electron chi connectivity index (χ3n) is 1.79. The second-order valence-electron chi connectivity index (χ2n) is 3.10. The topological polar surface area (TPSA) is 55.8 Å². The van der Waals surface area contributed by atoms with Crippen LogP contribution in [0.3, 0.4) is 0 Å². The van der Waals surface area contributed by atoms with Gasteiger partial charge in [0.1, 0.15) is 0 Å². The van der Waals surface area contributed by atoms with E-state index in [0.717, 1.165) is 19.3 Å². The summed E-state index contributed by atoms with van der Waals surface area (Å²) in [5, 5.41) is 8.48. The molecule has 0 atom stereocenters. The predicted molar refractivity (Wildman–Crippen MR) is 53.0 cm³/mol. The number of hydrogen-bond donors (Lipinski definition) is 1. The van der Waals surface area contributed by atoms with E-state index in [0.29, 0.717) is 26.1 Å². The lowest BCUT2D eigenvalue weighted by Gasteiger charge is -2.03. The van der Waals surface area contributed by atoms with Crippen LogP contribution in [-0.4, -0.2) is 38.0 Å². The summed E-state index contributed by atoms with van der Waals surface area (Å²) in [6, 6.07) is 0. The Labute approximate surface area is 85.2 Å². The van der Waals surface area contributed by atoms with Gasteiger partial charge in [0.05, 0.1) is 6.61 Å². The van der Waals surface area contributed by atoms with Crippen molar-refractivity contribution in [1.82, 2.24) is 0 Å². The number of methoxy groups -OCH3 is 1. The second kappa shape index (κ2) is 10.5. The number of hydrogen-bond acceptors (Lipinski definition) is 4. The molecule has 14 heavy (non-hydrogen) atoms. The van der Waals surface area contributed by atoms with Crippen LogP contribution in [-0.2, 0) is 14.3 Å². The van der Waals surface area contributed by atoms with Crippen LogP contribution in [0.4, 0.5) is 0 Å². The fraction of sp³-hybridized carbons (Fsp3) is 0.900. The Hall–Kier alpha value is -0.610. The van der Waals surface area contributed by atoms with Gasteiger partial charge >= 0.3 is 5.97 Å². The fourth-order valence-electron chi connectivity index (χ4n) is 0.988. The first-order chi connectivity index (χ1) is 6.81. The molecule has 1 N–H and O–H groups in total. The molecule has 4 nitrogen and oxygen atoms in total. The van der Waals surface area contributed by atoms with Crippen molar-refractivity contribution in [3.05, 3.63) is 0 Å². The van der Waals surface area contributed by atoms with E-state index in [-0.39, 0.29) is 12.6 Å². The molecule has 4 heteroatoms. The molecular formula is C10H20O4. The molecular weight excluding hydrogens is 184 g/mol. The highest BCUT2D eigenvalue weighted by Crippen LogP contribution is 1.99. The van der Waals surface area contributed by atoms with Crippen LogP contribution in [0.2, 0.25) is 0 Å². The molecule has 0 bridgehead atoms. The summed E-state index contributed by atoms with van der Waals surface area (Å²) in [7, 11) is 1.65. The molecule has 0 aromatic heterocycles. The molecule has 84 valence electrons. The van der Waals surface area contributed by atoms with Gasteiger partial charge in [-0.3, -0.25) is 4.79 Å². The SMILES string of the molecule is COCCCCC(=O)OCCCCO. The van der Waals surface area contributed by atoms with Crippen LogP contribution in [0.1, 0.15) is 32.1 Å². The predicted octanol–water partition coefficient (Wildman–Crippen LogP) is 1.12. The van der Waals surface area contributed by atoms with Crippen molar-refractivity contribution >= 4 is 5.97 Å². The summed E-state index contributed by atoms with van der Waals surface area (Å²) in [6.45, 7) is 1.27. The van der Waals surface area contributed by atoms with Gasteiger partial charge in [0, 0.05) is 26.7 Å². The number of carbonyl (C=O) groups is 1. The van der Waals surface area contributed by atoms with Gasteiger partial charge in [-0.15, -0.1) is 0 Å². The highest BCUT2D eigenvalue weighted by molar-refractivity contribution is 5.69. The van der Waals surface area contributed by atoms with E-state index < -0.39 is 0 Å². The smallest absolute Gasteiger partial charge is 0.305 e. The third-order valence-corrected chi connectivity index (χ3v) is 1.79. The molecule has 0 spiro atoms. The summed E-state index contributed by atoms with van der Waals surface area (Å²) >= 11 is 0. The van der Waals surface area contributed by atoms with E-state index in [1.165, 1.54) is 0 Å². The van der Waals surface area contributed by atoms with Gasteiger partial charge < -0.3 is 14.6 Å². The molecule has 0 unspecified atom stereocenters. The molecule has 0 radical (unpaired) electrons. The van der Waals surface area contributed by atoms with Gasteiger partial charge in [-0.1, -0.05) is 0 Å². The maximum Gasteiger partial charge on any atom is 0.305 e. The van der Waals surface area contributed by atoms with Crippen LogP contribution in [0.5, 0.6) is 0 Å². The molecule has 0 rings (SSSR count). The van der Waals surface area contributed by atoms with Crippen molar-refractivity contribution < 1.29 is 19.4 Å². The first kappa shape index (κ1) is 13.4. The summed E-state index contributed by atoms with van der Waals surface area (Å²) in [5.74, 6) is -0.154. The average Bonchev–Trinajstić information content (AvgIpc) is 2.19. The van der Waals surface area contributed by atoms with E-state index in [1.54, 1.807) is 7.11 Å². The maximum atomic E-state index is 11.0. The maximum absolute atomic E-state index is 11.0. The Bertz CT molecular complexity index is 122. The lowest BCUT2D eigenvalue weighted by atomic mass is 10.2. The normalized spacial score (nSPS) is 10.1. The molecule has 0 fully saturated rings. The van der Waals surface area contributed by atoms with Crippen LogP contribution >= 0.6 is 0 Å². The van der Waals surface area contributed by atoms with Crippen molar-refractivity contribution in [2.75, 3.05) is 26.9 Å². The molecule has 0 aromatic rings. The van der Waals surface area contributed by atoms with E-state index in [1.807, 2.05) is 0 Å². The lowest BCUT2D eigenvalue weighted by molar-refractivity contribution is -0.144. The standard InChI is InChI=1S/C10H20O4/c1-13-8-4-2-6-10(12)14-9-5-3-7-11/h11H,2-9H2,1H3. The van der Waals surface area contributed by atoms with E-state index in [4.69, 9.17) is 14.6 Å². The highest BCUT2D eigenvalue weighted by atomic mass is 16.5. The fourth-order valence-corrected chi connectivity index (χ4v) is 0.988. The number of aliphatic hydroxyl groups excluding tert-OH is 1.